The van der Waals surface area contributed by atoms with Crippen molar-refractivity contribution in [2.75, 3.05) is 0 Å². The summed E-state index contributed by atoms with van der Waals surface area (Å²) >= 11 is 18.7. The van der Waals surface area contributed by atoms with Crippen LogP contribution in [0.1, 0.15) is 15.9 Å². The number of carbonyl (C=O) groups is 1. The zero-order chi connectivity index (χ0) is 26.3. The molecule has 11 heteroatoms. The average molecular weight is 560 g/mol. The first-order valence-electron chi connectivity index (χ1n) is 10.7. The third-order valence-electron chi connectivity index (χ3n) is 5.51. The Kier molecular flexibility index (Phi) is 6.72. The van der Waals surface area contributed by atoms with Crippen LogP contribution in [-0.2, 0) is 6.61 Å². The summed E-state index contributed by atoms with van der Waals surface area (Å²) in [7, 11) is 0. The lowest BCUT2D eigenvalue weighted by Gasteiger charge is -2.11. The van der Waals surface area contributed by atoms with Gasteiger partial charge in [-0.25, -0.2) is 13.5 Å². The number of pyridine rings is 1. The first-order valence-corrected chi connectivity index (χ1v) is 11.9. The normalized spacial score (nSPS) is 11.2. The second kappa shape index (κ2) is 9.97. The van der Waals surface area contributed by atoms with Crippen molar-refractivity contribution < 1.29 is 18.3 Å². The molecule has 186 valence electrons. The van der Waals surface area contributed by atoms with Crippen LogP contribution in [-0.4, -0.2) is 20.7 Å². The van der Waals surface area contributed by atoms with Crippen molar-refractivity contribution in [1.82, 2.24) is 14.8 Å². The van der Waals surface area contributed by atoms with E-state index < -0.39 is 17.5 Å². The van der Waals surface area contributed by atoms with Gasteiger partial charge in [0.1, 0.15) is 12.2 Å². The molecule has 2 aromatic heterocycles. The summed E-state index contributed by atoms with van der Waals surface area (Å²) in [5.41, 5.74) is 7.96. The van der Waals surface area contributed by atoms with Crippen molar-refractivity contribution in [2.24, 2.45) is 5.73 Å². The Morgan fingerprint density at radius 1 is 0.919 bits per heavy atom. The number of nitrogens with zero attached hydrogens (tertiary/aromatic N) is 3. The zero-order valence-electron chi connectivity index (χ0n) is 18.7. The van der Waals surface area contributed by atoms with Crippen LogP contribution in [0.5, 0.6) is 5.88 Å². The molecule has 0 unspecified atom stereocenters. The number of rotatable bonds is 6. The molecule has 0 bridgehead atoms. The fourth-order valence-corrected chi connectivity index (χ4v) is 4.39. The number of carbonyl (C=O) groups excluding carboxylic acids is 1. The van der Waals surface area contributed by atoms with Gasteiger partial charge in [-0.05, 0) is 54.1 Å². The SMILES string of the molecule is NC(=O)c1cc2c(-c3ccc(Cl)cc3)n(-c3ccc(Cl)cc3Cl)nc2nc1OCc1ccc(F)c(F)c1. The molecule has 0 aliphatic rings. The molecule has 0 atom stereocenters. The Hall–Kier alpha value is -3.72. The van der Waals surface area contributed by atoms with Gasteiger partial charge >= 0.3 is 0 Å². The molecule has 0 radical (unpaired) electrons. The van der Waals surface area contributed by atoms with Crippen LogP contribution in [0.25, 0.3) is 28.0 Å². The first kappa shape index (κ1) is 25.0. The van der Waals surface area contributed by atoms with Crippen molar-refractivity contribution in [2.45, 2.75) is 6.61 Å². The van der Waals surface area contributed by atoms with Gasteiger partial charge in [0, 0.05) is 21.0 Å². The Labute approximate surface area is 224 Å². The van der Waals surface area contributed by atoms with E-state index in [1.54, 1.807) is 47.1 Å². The number of nitrogens with two attached hydrogens (primary N) is 1. The molecule has 0 aliphatic heterocycles. The summed E-state index contributed by atoms with van der Waals surface area (Å²) in [4.78, 5) is 16.8. The van der Waals surface area contributed by atoms with Crippen LogP contribution in [0, 0.1) is 11.6 Å². The monoisotopic (exact) mass is 558 g/mol. The highest BCUT2D eigenvalue weighted by Crippen LogP contribution is 2.36. The lowest BCUT2D eigenvalue weighted by atomic mass is 10.1. The van der Waals surface area contributed by atoms with E-state index in [4.69, 9.17) is 45.3 Å². The molecule has 5 aromatic rings. The van der Waals surface area contributed by atoms with Gasteiger partial charge in [0.05, 0.1) is 16.4 Å². The van der Waals surface area contributed by atoms with E-state index >= 15 is 0 Å². The lowest BCUT2D eigenvalue weighted by Crippen LogP contribution is -2.14. The molecule has 0 saturated heterocycles. The molecule has 37 heavy (non-hydrogen) atoms. The van der Waals surface area contributed by atoms with Crippen molar-refractivity contribution >= 4 is 51.7 Å². The van der Waals surface area contributed by atoms with Crippen LogP contribution in [0.2, 0.25) is 15.1 Å². The summed E-state index contributed by atoms with van der Waals surface area (Å²) in [6, 6.07) is 16.8. The van der Waals surface area contributed by atoms with Crippen molar-refractivity contribution in [3.8, 4) is 22.8 Å². The molecular formula is C26H15Cl3F2N4O2. The quantitative estimate of drug-likeness (QED) is 0.243. The maximum absolute atomic E-state index is 13.6. The van der Waals surface area contributed by atoms with E-state index in [0.29, 0.717) is 43.0 Å². The maximum Gasteiger partial charge on any atom is 0.254 e. The molecule has 6 nitrogen and oxygen atoms in total. The molecule has 1 amide bonds. The van der Waals surface area contributed by atoms with Gasteiger partial charge < -0.3 is 10.5 Å². The Balaban J connectivity index is 1.68. The predicted octanol–water partition coefficient (Wildman–Crippen LogP) is 7.00. The number of ether oxygens (including phenoxy) is 1. The summed E-state index contributed by atoms with van der Waals surface area (Å²) in [6.45, 7) is -0.191. The summed E-state index contributed by atoms with van der Waals surface area (Å²) in [6.07, 6.45) is 0. The standard InChI is InChI=1S/C26H15Cl3F2N4O2/c27-15-4-2-14(3-5-15)23-17-11-18(24(32)36)26(37-12-13-1-7-20(30)21(31)9-13)33-25(17)34-35(23)22-8-6-16(28)10-19(22)29/h1-11H,12H2,(H2,32,36). The molecule has 2 heterocycles. The second-order valence-electron chi connectivity index (χ2n) is 7.98. The summed E-state index contributed by atoms with van der Waals surface area (Å²) < 4.78 is 34.2. The Bertz CT molecular complexity index is 1670. The number of hydrogen-bond donors (Lipinski definition) is 1. The third-order valence-corrected chi connectivity index (χ3v) is 6.30. The number of amides is 1. The van der Waals surface area contributed by atoms with Crippen LogP contribution in [0.4, 0.5) is 8.78 Å². The third kappa shape index (κ3) is 4.96. The van der Waals surface area contributed by atoms with Gasteiger partial charge in [0.25, 0.3) is 5.91 Å². The predicted molar refractivity (Wildman–Crippen MR) is 139 cm³/mol. The summed E-state index contributed by atoms with van der Waals surface area (Å²) in [5.74, 6) is -2.92. The van der Waals surface area contributed by atoms with Gasteiger partial charge in [0.2, 0.25) is 5.88 Å². The van der Waals surface area contributed by atoms with Crippen LogP contribution in [0.3, 0.4) is 0 Å². The minimum atomic E-state index is -1.02. The molecule has 2 N–H and O–H groups in total. The lowest BCUT2D eigenvalue weighted by molar-refractivity contribution is 0.0995. The highest BCUT2D eigenvalue weighted by Gasteiger charge is 2.22. The van der Waals surface area contributed by atoms with Gasteiger partial charge in [-0.15, -0.1) is 5.10 Å². The van der Waals surface area contributed by atoms with E-state index in [1.807, 2.05) is 0 Å². The van der Waals surface area contributed by atoms with Crippen LogP contribution >= 0.6 is 34.8 Å². The highest BCUT2D eigenvalue weighted by molar-refractivity contribution is 6.35. The number of benzene rings is 3. The van der Waals surface area contributed by atoms with Crippen molar-refractivity contribution in [3.05, 3.63) is 105 Å². The molecule has 3 aromatic carbocycles. The Morgan fingerprint density at radius 3 is 2.32 bits per heavy atom. The van der Waals surface area contributed by atoms with E-state index in [9.17, 15) is 13.6 Å². The van der Waals surface area contributed by atoms with Crippen molar-refractivity contribution in [3.63, 3.8) is 0 Å². The van der Waals surface area contributed by atoms with Gasteiger partial charge in [-0.3, -0.25) is 4.79 Å². The van der Waals surface area contributed by atoms with Gasteiger partial charge in [0.15, 0.2) is 17.3 Å². The van der Waals surface area contributed by atoms with Crippen molar-refractivity contribution in [1.29, 1.82) is 0 Å². The van der Waals surface area contributed by atoms with Gasteiger partial charge in [-0.2, -0.15) is 4.98 Å². The highest BCUT2D eigenvalue weighted by atomic mass is 35.5. The van der Waals surface area contributed by atoms with Crippen LogP contribution in [0.15, 0.2) is 66.7 Å². The number of primary amides is 1. The maximum atomic E-state index is 13.6. The zero-order valence-corrected chi connectivity index (χ0v) is 21.0. The molecule has 0 aliphatic carbocycles. The topological polar surface area (TPSA) is 83.0 Å². The first-order chi connectivity index (χ1) is 17.7. The van der Waals surface area contributed by atoms with E-state index in [-0.39, 0.29) is 23.7 Å². The number of aromatic nitrogens is 3. The minimum absolute atomic E-state index is 0.0212. The largest absolute Gasteiger partial charge is 0.472 e. The summed E-state index contributed by atoms with van der Waals surface area (Å²) in [5, 5.41) is 6.42. The molecule has 5 rings (SSSR count). The van der Waals surface area contributed by atoms with Gasteiger partial charge in [-0.1, -0.05) is 53.0 Å². The average Bonchev–Trinajstić information content (AvgIpc) is 3.22. The minimum Gasteiger partial charge on any atom is -0.472 e. The molecule has 0 saturated carbocycles. The second-order valence-corrected chi connectivity index (χ2v) is 9.26. The van der Waals surface area contributed by atoms with E-state index in [2.05, 4.69) is 10.1 Å². The van der Waals surface area contributed by atoms with Crippen LogP contribution < -0.4 is 10.5 Å². The fourth-order valence-electron chi connectivity index (χ4n) is 3.78. The Morgan fingerprint density at radius 2 is 1.65 bits per heavy atom. The molecule has 0 spiro atoms. The number of halogens is 5. The number of fused-ring (bicyclic) bond motifs is 1. The van der Waals surface area contributed by atoms with E-state index in [0.717, 1.165) is 12.1 Å². The number of hydrogen-bond acceptors (Lipinski definition) is 4. The fraction of sp³-hybridized carbons (Fsp3) is 0.0385. The molecular weight excluding hydrogens is 545 g/mol. The van der Waals surface area contributed by atoms with E-state index in [1.165, 1.54) is 12.1 Å². The molecule has 0 fully saturated rings. The smallest absolute Gasteiger partial charge is 0.254 e.